The Morgan fingerprint density at radius 3 is 2.67 bits per heavy atom. The van der Waals surface area contributed by atoms with Crippen molar-refractivity contribution in [2.24, 2.45) is 0 Å². The number of ether oxygens (including phenoxy) is 2. The highest BCUT2D eigenvalue weighted by Crippen LogP contribution is 2.38. The zero-order valence-corrected chi connectivity index (χ0v) is 11.8. The summed E-state index contributed by atoms with van der Waals surface area (Å²) in [4.78, 5) is 0. The molecule has 0 spiro atoms. The molecule has 2 aromatic rings. The van der Waals surface area contributed by atoms with Crippen molar-refractivity contribution in [3.05, 3.63) is 46.7 Å². The van der Waals surface area contributed by atoms with Gasteiger partial charge in [0.1, 0.15) is 13.2 Å². The normalized spacial score (nSPS) is 13.0. The van der Waals surface area contributed by atoms with Gasteiger partial charge < -0.3 is 19.9 Å². The summed E-state index contributed by atoms with van der Waals surface area (Å²) in [5.41, 5.74) is 1.07. The van der Waals surface area contributed by atoms with E-state index in [0.29, 0.717) is 41.0 Å². The van der Waals surface area contributed by atoms with Crippen LogP contribution in [-0.2, 0) is 6.54 Å². The van der Waals surface area contributed by atoms with Gasteiger partial charge in [-0.15, -0.1) is 0 Å². The van der Waals surface area contributed by atoms with Crippen LogP contribution >= 0.6 is 11.6 Å². The van der Waals surface area contributed by atoms with Crippen LogP contribution in [0, 0.1) is 5.82 Å². The number of hydrogen-bond donors (Lipinski definition) is 2. The minimum atomic E-state index is -0.650. The number of nitrogens with one attached hydrogen (secondary N) is 1. The van der Waals surface area contributed by atoms with Gasteiger partial charge in [-0.1, -0.05) is 23.7 Å². The fourth-order valence-corrected chi connectivity index (χ4v) is 2.31. The second kappa shape index (κ2) is 5.69. The second-order valence-corrected chi connectivity index (χ2v) is 4.98. The van der Waals surface area contributed by atoms with Crippen LogP contribution in [0.15, 0.2) is 30.3 Å². The molecule has 0 amide bonds. The first-order valence-electron chi connectivity index (χ1n) is 6.44. The van der Waals surface area contributed by atoms with Crippen molar-refractivity contribution < 1.29 is 19.0 Å². The number of halogens is 2. The number of fused-ring (bicyclic) bond motifs is 1. The van der Waals surface area contributed by atoms with E-state index in [0.717, 1.165) is 0 Å². The lowest BCUT2D eigenvalue weighted by atomic mass is 10.2. The number of benzene rings is 2. The molecule has 1 aliphatic rings. The van der Waals surface area contributed by atoms with Crippen LogP contribution in [0.25, 0.3) is 0 Å². The molecule has 2 aromatic carbocycles. The number of anilines is 1. The Hall–Kier alpha value is -2.14. The van der Waals surface area contributed by atoms with Crippen LogP contribution in [-0.4, -0.2) is 18.3 Å². The first kappa shape index (κ1) is 13.8. The molecule has 0 unspecified atom stereocenters. The highest BCUT2D eigenvalue weighted by atomic mass is 35.5. The molecule has 0 saturated heterocycles. The van der Waals surface area contributed by atoms with Crippen molar-refractivity contribution in [1.82, 2.24) is 0 Å². The molecule has 21 heavy (non-hydrogen) atoms. The van der Waals surface area contributed by atoms with Gasteiger partial charge in [0.25, 0.3) is 0 Å². The molecular formula is C15H13ClFNO3. The van der Waals surface area contributed by atoms with E-state index in [9.17, 15) is 9.50 Å². The summed E-state index contributed by atoms with van der Waals surface area (Å²) >= 11 is 6.16. The monoisotopic (exact) mass is 309 g/mol. The van der Waals surface area contributed by atoms with Gasteiger partial charge >= 0.3 is 0 Å². The average molecular weight is 310 g/mol. The fourth-order valence-electron chi connectivity index (χ4n) is 2.09. The maximum Gasteiger partial charge on any atom is 0.165 e. The highest BCUT2D eigenvalue weighted by molar-refractivity contribution is 6.33. The number of rotatable bonds is 3. The van der Waals surface area contributed by atoms with Gasteiger partial charge in [0.2, 0.25) is 0 Å². The van der Waals surface area contributed by atoms with Crippen molar-refractivity contribution in [3.63, 3.8) is 0 Å². The fraction of sp³-hybridized carbons (Fsp3) is 0.200. The minimum absolute atomic E-state index is 0.239. The third-order valence-corrected chi connectivity index (χ3v) is 3.48. The van der Waals surface area contributed by atoms with Crippen molar-refractivity contribution in [2.75, 3.05) is 18.5 Å². The van der Waals surface area contributed by atoms with Gasteiger partial charge in [-0.05, 0) is 6.07 Å². The summed E-state index contributed by atoms with van der Waals surface area (Å²) in [6.45, 7) is 1.22. The largest absolute Gasteiger partial charge is 0.505 e. The smallest absolute Gasteiger partial charge is 0.165 e. The van der Waals surface area contributed by atoms with Crippen LogP contribution in [0.4, 0.5) is 10.1 Å². The van der Waals surface area contributed by atoms with Gasteiger partial charge in [0, 0.05) is 24.2 Å². The Morgan fingerprint density at radius 2 is 1.90 bits per heavy atom. The van der Waals surface area contributed by atoms with Crippen molar-refractivity contribution in [3.8, 4) is 17.2 Å². The maximum atomic E-state index is 13.3. The Labute approximate surface area is 126 Å². The molecule has 0 aromatic heterocycles. The van der Waals surface area contributed by atoms with Gasteiger partial charge in [-0.25, -0.2) is 4.39 Å². The summed E-state index contributed by atoms with van der Waals surface area (Å²) in [6, 6.07) is 7.78. The first-order valence-corrected chi connectivity index (χ1v) is 6.82. The summed E-state index contributed by atoms with van der Waals surface area (Å²) < 4.78 is 24.2. The van der Waals surface area contributed by atoms with Crippen LogP contribution < -0.4 is 14.8 Å². The van der Waals surface area contributed by atoms with Crippen LogP contribution in [0.3, 0.4) is 0 Å². The Kier molecular flexibility index (Phi) is 3.75. The van der Waals surface area contributed by atoms with Crippen LogP contribution in [0.2, 0.25) is 5.02 Å². The predicted octanol–water partition coefficient (Wildman–Crippen LogP) is 3.57. The lowest BCUT2D eigenvalue weighted by Crippen LogP contribution is -2.15. The molecular weight excluding hydrogens is 297 g/mol. The molecule has 4 nitrogen and oxygen atoms in total. The third-order valence-electron chi connectivity index (χ3n) is 3.17. The molecule has 0 saturated carbocycles. The van der Waals surface area contributed by atoms with Crippen molar-refractivity contribution in [2.45, 2.75) is 6.54 Å². The second-order valence-electron chi connectivity index (χ2n) is 4.58. The Morgan fingerprint density at radius 1 is 1.19 bits per heavy atom. The van der Waals surface area contributed by atoms with E-state index in [1.165, 1.54) is 12.1 Å². The van der Waals surface area contributed by atoms with Gasteiger partial charge in [-0.3, -0.25) is 0 Å². The SMILES string of the molecule is Oc1c(F)cccc1CNc1cc2c(cc1Cl)OCCO2. The Balaban J connectivity index is 1.80. The first-order chi connectivity index (χ1) is 10.1. The highest BCUT2D eigenvalue weighted by Gasteiger charge is 2.15. The molecule has 0 bridgehead atoms. The molecule has 0 aliphatic carbocycles. The predicted molar refractivity (Wildman–Crippen MR) is 77.8 cm³/mol. The minimum Gasteiger partial charge on any atom is -0.505 e. The molecule has 1 aliphatic heterocycles. The standard InChI is InChI=1S/C15H13ClFNO3/c16-10-6-13-14(21-5-4-20-13)7-12(10)18-8-9-2-1-3-11(17)15(9)19/h1-3,6-7,18-19H,4-5,8H2. The molecule has 1 heterocycles. The van der Waals surface area contributed by atoms with Gasteiger partial charge in [-0.2, -0.15) is 0 Å². The number of aromatic hydroxyl groups is 1. The van der Waals surface area contributed by atoms with E-state index >= 15 is 0 Å². The van der Waals surface area contributed by atoms with Crippen molar-refractivity contribution >= 4 is 17.3 Å². The number of phenols is 1. The number of hydrogen-bond acceptors (Lipinski definition) is 4. The van der Waals surface area contributed by atoms with Crippen molar-refractivity contribution in [1.29, 1.82) is 0 Å². The van der Waals surface area contributed by atoms with Gasteiger partial charge in [0.05, 0.1) is 10.7 Å². The third kappa shape index (κ3) is 2.83. The number of para-hydroxylation sites is 1. The lowest BCUT2D eigenvalue weighted by Gasteiger charge is -2.20. The van der Waals surface area contributed by atoms with Gasteiger partial charge in [0.15, 0.2) is 23.1 Å². The maximum absolute atomic E-state index is 13.3. The molecule has 110 valence electrons. The van der Waals surface area contributed by atoms with Crippen LogP contribution in [0.1, 0.15) is 5.56 Å². The molecule has 0 atom stereocenters. The summed E-state index contributed by atoms with van der Waals surface area (Å²) in [6.07, 6.45) is 0. The van der Waals surface area contributed by atoms with E-state index < -0.39 is 5.82 Å². The molecule has 0 radical (unpaired) electrons. The summed E-state index contributed by atoms with van der Waals surface area (Å²) in [7, 11) is 0. The van der Waals surface area contributed by atoms with E-state index in [1.807, 2.05) is 0 Å². The molecule has 0 fully saturated rings. The molecule has 2 N–H and O–H groups in total. The zero-order chi connectivity index (χ0) is 14.8. The van der Waals surface area contributed by atoms with Crippen LogP contribution in [0.5, 0.6) is 17.2 Å². The molecule has 6 heteroatoms. The van der Waals surface area contributed by atoms with E-state index in [1.54, 1.807) is 18.2 Å². The molecule has 3 rings (SSSR count). The number of phenolic OH excluding ortho intramolecular Hbond substituents is 1. The zero-order valence-electron chi connectivity index (χ0n) is 11.0. The topological polar surface area (TPSA) is 50.7 Å². The summed E-state index contributed by atoms with van der Waals surface area (Å²) in [5.74, 6) is 0.197. The van der Waals surface area contributed by atoms with E-state index in [4.69, 9.17) is 21.1 Å². The summed E-state index contributed by atoms with van der Waals surface area (Å²) in [5, 5.41) is 13.2. The quantitative estimate of drug-likeness (QED) is 0.910. The Bertz CT molecular complexity index is 678. The lowest BCUT2D eigenvalue weighted by molar-refractivity contribution is 0.171. The average Bonchev–Trinajstić information content (AvgIpc) is 2.49. The van der Waals surface area contributed by atoms with E-state index in [2.05, 4.69) is 5.32 Å². The van der Waals surface area contributed by atoms with E-state index in [-0.39, 0.29) is 12.3 Å².